The van der Waals surface area contributed by atoms with Crippen molar-refractivity contribution in [2.24, 2.45) is 0 Å². The fourth-order valence-corrected chi connectivity index (χ4v) is 1.59. The van der Waals surface area contributed by atoms with Crippen LogP contribution in [0.1, 0.15) is 32.1 Å². The average molecular weight is 267 g/mol. The standard InChI is InChI=1S/C13H17NO5/c15-13(16)5-3-1-2-4-10-19-12-8-6-11(7-9-12)14(17)18/h6-9H,1-5,10H2,(H,15,16). The van der Waals surface area contributed by atoms with Crippen LogP contribution in [0.25, 0.3) is 0 Å². The van der Waals surface area contributed by atoms with Crippen LogP contribution in [0.3, 0.4) is 0 Å². The number of benzene rings is 1. The molecule has 1 N–H and O–H groups in total. The largest absolute Gasteiger partial charge is 0.494 e. The Morgan fingerprint density at radius 1 is 1.16 bits per heavy atom. The molecule has 0 saturated carbocycles. The molecule has 0 atom stereocenters. The van der Waals surface area contributed by atoms with Crippen LogP contribution in [0.15, 0.2) is 24.3 Å². The van der Waals surface area contributed by atoms with E-state index in [4.69, 9.17) is 9.84 Å². The van der Waals surface area contributed by atoms with Crippen molar-refractivity contribution in [3.8, 4) is 5.75 Å². The van der Waals surface area contributed by atoms with E-state index in [1.54, 1.807) is 12.1 Å². The second-order valence-corrected chi connectivity index (χ2v) is 4.16. The molecule has 0 heterocycles. The number of carboxylic acid groups (broad SMARTS) is 1. The van der Waals surface area contributed by atoms with Gasteiger partial charge in [0.1, 0.15) is 5.75 Å². The maximum absolute atomic E-state index is 10.4. The lowest BCUT2D eigenvalue weighted by Gasteiger charge is -2.05. The number of hydrogen-bond donors (Lipinski definition) is 1. The second-order valence-electron chi connectivity index (χ2n) is 4.16. The topological polar surface area (TPSA) is 89.7 Å². The minimum absolute atomic E-state index is 0.0426. The lowest BCUT2D eigenvalue weighted by Crippen LogP contribution is -1.98. The first-order valence-electron chi connectivity index (χ1n) is 6.18. The third-order valence-corrected chi connectivity index (χ3v) is 2.60. The first kappa shape index (κ1) is 14.9. The maximum atomic E-state index is 10.4. The summed E-state index contributed by atoms with van der Waals surface area (Å²) in [7, 11) is 0. The molecule has 0 unspecified atom stereocenters. The van der Waals surface area contributed by atoms with Crippen LogP contribution in [0, 0.1) is 10.1 Å². The van der Waals surface area contributed by atoms with Crippen LogP contribution in [0.4, 0.5) is 5.69 Å². The molecule has 0 aliphatic carbocycles. The number of rotatable bonds is 9. The second kappa shape index (κ2) is 8.07. The highest BCUT2D eigenvalue weighted by Gasteiger charge is 2.04. The molecule has 6 nitrogen and oxygen atoms in total. The molecule has 0 radical (unpaired) electrons. The van der Waals surface area contributed by atoms with E-state index in [2.05, 4.69) is 0 Å². The fourth-order valence-electron chi connectivity index (χ4n) is 1.59. The van der Waals surface area contributed by atoms with E-state index >= 15 is 0 Å². The van der Waals surface area contributed by atoms with E-state index in [9.17, 15) is 14.9 Å². The summed E-state index contributed by atoms with van der Waals surface area (Å²) in [6.45, 7) is 0.533. The molecular formula is C13H17NO5. The normalized spacial score (nSPS) is 10.1. The molecule has 104 valence electrons. The van der Waals surface area contributed by atoms with Crippen LogP contribution >= 0.6 is 0 Å². The Balaban J connectivity index is 2.12. The third-order valence-electron chi connectivity index (χ3n) is 2.60. The minimum atomic E-state index is -0.762. The van der Waals surface area contributed by atoms with Crippen molar-refractivity contribution in [3.05, 3.63) is 34.4 Å². The summed E-state index contributed by atoms with van der Waals surface area (Å²) in [6.07, 6.45) is 3.53. The zero-order valence-electron chi connectivity index (χ0n) is 10.6. The summed E-state index contributed by atoms with van der Waals surface area (Å²) in [5.41, 5.74) is 0.0426. The molecule has 0 aliphatic heterocycles. The number of nitro groups is 1. The first-order chi connectivity index (χ1) is 9.09. The number of hydrogen-bond acceptors (Lipinski definition) is 4. The predicted molar refractivity (Wildman–Crippen MR) is 69.3 cm³/mol. The van der Waals surface area contributed by atoms with Crippen LogP contribution in [0.5, 0.6) is 5.75 Å². The number of carbonyl (C=O) groups is 1. The van der Waals surface area contributed by atoms with Gasteiger partial charge >= 0.3 is 5.97 Å². The van der Waals surface area contributed by atoms with Crippen LogP contribution in [0.2, 0.25) is 0 Å². The molecule has 0 saturated heterocycles. The fraction of sp³-hybridized carbons (Fsp3) is 0.462. The Kier molecular flexibility index (Phi) is 6.35. The maximum Gasteiger partial charge on any atom is 0.303 e. The van der Waals surface area contributed by atoms with Gasteiger partial charge in [-0.2, -0.15) is 0 Å². The van der Waals surface area contributed by atoms with Gasteiger partial charge in [0.05, 0.1) is 11.5 Å². The van der Waals surface area contributed by atoms with Crippen molar-refractivity contribution in [1.82, 2.24) is 0 Å². The first-order valence-corrected chi connectivity index (χ1v) is 6.18. The van der Waals surface area contributed by atoms with E-state index in [0.29, 0.717) is 18.8 Å². The van der Waals surface area contributed by atoms with Gasteiger partial charge in [-0.3, -0.25) is 14.9 Å². The smallest absolute Gasteiger partial charge is 0.303 e. The summed E-state index contributed by atoms with van der Waals surface area (Å²) in [5, 5.41) is 18.9. The highest BCUT2D eigenvalue weighted by atomic mass is 16.6. The highest BCUT2D eigenvalue weighted by Crippen LogP contribution is 2.17. The van der Waals surface area contributed by atoms with Gasteiger partial charge in [0, 0.05) is 18.6 Å². The number of nitro benzene ring substituents is 1. The molecule has 0 aliphatic rings. The summed E-state index contributed by atoms with van der Waals surface area (Å²) in [6, 6.07) is 5.95. The van der Waals surface area contributed by atoms with Gasteiger partial charge in [-0.15, -0.1) is 0 Å². The molecule has 0 fully saturated rings. The molecular weight excluding hydrogens is 250 g/mol. The highest BCUT2D eigenvalue weighted by molar-refractivity contribution is 5.66. The SMILES string of the molecule is O=C(O)CCCCCCOc1ccc([N+](=O)[O-])cc1. The van der Waals surface area contributed by atoms with Crippen molar-refractivity contribution in [2.75, 3.05) is 6.61 Å². The molecule has 0 spiro atoms. The average Bonchev–Trinajstić information content (AvgIpc) is 2.38. The summed E-state index contributed by atoms with van der Waals surface area (Å²) < 4.78 is 5.43. The number of nitrogens with zero attached hydrogens (tertiary/aromatic N) is 1. The monoisotopic (exact) mass is 267 g/mol. The van der Waals surface area contributed by atoms with Crippen molar-refractivity contribution >= 4 is 11.7 Å². The zero-order chi connectivity index (χ0) is 14.1. The lowest BCUT2D eigenvalue weighted by molar-refractivity contribution is -0.384. The molecule has 0 aromatic heterocycles. The molecule has 19 heavy (non-hydrogen) atoms. The third kappa shape index (κ3) is 6.40. The van der Waals surface area contributed by atoms with Crippen LogP contribution < -0.4 is 4.74 Å². The number of aliphatic carboxylic acids is 1. The summed E-state index contributed by atoms with van der Waals surface area (Å²) >= 11 is 0. The number of unbranched alkanes of at least 4 members (excludes halogenated alkanes) is 3. The number of carboxylic acids is 1. The van der Waals surface area contributed by atoms with Gasteiger partial charge in [-0.25, -0.2) is 0 Å². The quantitative estimate of drug-likeness (QED) is 0.422. The summed E-state index contributed by atoms with van der Waals surface area (Å²) in [5.74, 6) is -0.154. The Morgan fingerprint density at radius 3 is 2.37 bits per heavy atom. The lowest BCUT2D eigenvalue weighted by atomic mass is 10.1. The van der Waals surface area contributed by atoms with E-state index in [1.807, 2.05) is 0 Å². The number of ether oxygens (including phenoxy) is 1. The van der Waals surface area contributed by atoms with Gasteiger partial charge in [0.2, 0.25) is 0 Å². The van der Waals surface area contributed by atoms with Gasteiger partial charge in [-0.1, -0.05) is 12.8 Å². The summed E-state index contributed by atoms with van der Waals surface area (Å²) in [4.78, 5) is 20.3. The predicted octanol–water partition coefficient (Wildman–Crippen LogP) is 3.01. The van der Waals surface area contributed by atoms with Crippen molar-refractivity contribution in [2.45, 2.75) is 32.1 Å². The Morgan fingerprint density at radius 2 is 1.79 bits per heavy atom. The molecule has 0 bridgehead atoms. The molecule has 6 heteroatoms. The van der Waals surface area contributed by atoms with E-state index in [-0.39, 0.29) is 12.1 Å². The van der Waals surface area contributed by atoms with E-state index in [1.165, 1.54) is 12.1 Å². The van der Waals surface area contributed by atoms with E-state index in [0.717, 1.165) is 19.3 Å². The van der Waals surface area contributed by atoms with Crippen molar-refractivity contribution < 1.29 is 19.6 Å². The Hall–Kier alpha value is -2.11. The van der Waals surface area contributed by atoms with Crippen LogP contribution in [-0.4, -0.2) is 22.6 Å². The van der Waals surface area contributed by atoms with E-state index < -0.39 is 10.9 Å². The van der Waals surface area contributed by atoms with Gasteiger partial charge in [0.15, 0.2) is 0 Å². The zero-order valence-corrected chi connectivity index (χ0v) is 10.6. The molecule has 1 aromatic carbocycles. The molecule has 1 aromatic rings. The Bertz CT molecular complexity index is 416. The van der Waals surface area contributed by atoms with Crippen LogP contribution in [-0.2, 0) is 4.79 Å². The van der Waals surface area contributed by atoms with Gasteiger partial charge in [-0.05, 0) is 25.0 Å². The number of non-ortho nitro benzene ring substituents is 1. The van der Waals surface area contributed by atoms with Crippen molar-refractivity contribution in [3.63, 3.8) is 0 Å². The Labute approximate surface area is 111 Å². The molecule has 1 rings (SSSR count). The molecule has 0 amide bonds. The van der Waals surface area contributed by atoms with Gasteiger partial charge in [0.25, 0.3) is 5.69 Å². The van der Waals surface area contributed by atoms with Gasteiger partial charge < -0.3 is 9.84 Å². The minimum Gasteiger partial charge on any atom is -0.494 e. The van der Waals surface area contributed by atoms with Crippen molar-refractivity contribution in [1.29, 1.82) is 0 Å².